The Morgan fingerprint density at radius 1 is 1.45 bits per heavy atom. The van der Waals surface area contributed by atoms with Gasteiger partial charge in [-0.25, -0.2) is 0 Å². The molecule has 11 heavy (non-hydrogen) atoms. The van der Waals surface area contributed by atoms with E-state index >= 15 is 0 Å². The summed E-state index contributed by atoms with van der Waals surface area (Å²) in [5, 5.41) is 3.70. The number of nitrogens with zero attached hydrogens (tertiary/aromatic N) is 1. The fraction of sp³-hybridized carbons (Fsp3) is 0.625. The van der Waals surface area contributed by atoms with E-state index in [0.29, 0.717) is 5.88 Å². The van der Waals surface area contributed by atoms with Crippen molar-refractivity contribution in [2.45, 2.75) is 26.2 Å². The quantitative estimate of drug-likeness (QED) is 0.622. The number of ether oxygens (including phenoxy) is 1. The topological polar surface area (TPSA) is 35.3 Å². The van der Waals surface area contributed by atoms with E-state index in [4.69, 9.17) is 9.26 Å². The molecule has 0 radical (unpaired) electrons. The van der Waals surface area contributed by atoms with Crippen molar-refractivity contribution in [3.05, 3.63) is 11.8 Å². The second kappa shape index (κ2) is 2.57. The number of methoxy groups -OCH3 is 1. The van der Waals surface area contributed by atoms with Crippen molar-refractivity contribution < 1.29 is 9.26 Å². The number of aromatic nitrogens is 1. The fourth-order valence-corrected chi connectivity index (χ4v) is 0.871. The minimum atomic E-state index is 0.0331. The molecule has 0 aliphatic rings. The molecule has 0 aromatic carbocycles. The maximum atomic E-state index is 5.01. The molecule has 1 rings (SSSR count). The van der Waals surface area contributed by atoms with Gasteiger partial charge in [-0.15, -0.1) is 0 Å². The van der Waals surface area contributed by atoms with Crippen molar-refractivity contribution in [2.75, 3.05) is 7.11 Å². The molecule has 3 nitrogen and oxygen atoms in total. The summed E-state index contributed by atoms with van der Waals surface area (Å²) in [6.07, 6.45) is 1.62. The van der Waals surface area contributed by atoms with Crippen LogP contribution in [0.1, 0.15) is 26.3 Å². The molecule has 0 spiro atoms. The Kier molecular flexibility index (Phi) is 1.89. The standard InChI is InChI=1S/C8H13NO2/c1-8(2,3)6-5-11-9-7(6)10-4/h5H,1-4H3. The van der Waals surface area contributed by atoms with Crippen molar-refractivity contribution in [1.82, 2.24) is 5.16 Å². The zero-order valence-corrected chi connectivity index (χ0v) is 7.34. The van der Waals surface area contributed by atoms with Gasteiger partial charge in [0.25, 0.3) is 5.88 Å². The Labute approximate surface area is 66.3 Å². The molecule has 0 fully saturated rings. The van der Waals surface area contributed by atoms with Gasteiger partial charge in [0.1, 0.15) is 6.26 Å². The SMILES string of the molecule is COc1nocc1C(C)(C)C. The van der Waals surface area contributed by atoms with E-state index < -0.39 is 0 Å². The lowest BCUT2D eigenvalue weighted by atomic mass is 9.89. The molecular formula is C8H13NO2. The Balaban J connectivity index is 3.02. The third kappa shape index (κ3) is 1.53. The maximum Gasteiger partial charge on any atom is 0.257 e. The van der Waals surface area contributed by atoms with E-state index in [1.807, 2.05) is 0 Å². The van der Waals surface area contributed by atoms with Gasteiger partial charge in [-0.3, -0.25) is 0 Å². The second-order valence-electron chi connectivity index (χ2n) is 3.49. The van der Waals surface area contributed by atoms with Crippen molar-refractivity contribution in [3.63, 3.8) is 0 Å². The molecule has 0 unspecified atom stereocenters. The molecule has 0 atom stereocenters. The second-order valence-corrected chi connectivity index (χ2v) is 3.49. The summed E-state index contributed by atoms with van der Waals surface area (Å²) >= 11 is 0. The van der Waals surface area contributed by atoms with E-state index in [9.17, 15) is 0 Å². The van der Waals surface area contributed by atoms with Gasteiger partial charge in [-0.1, -0.05) is 20.8 Å². The zero-order valence-electron chi connectivity index (χ0n) is 7.34. The predicted octanol–water partition coefficient (Wildman–Crippen LogP) is 1.98. The highest BCUT2D eigenvalue weighted by atomic mass is 16.5. The average molecular weight is 155 g/mol. The van der Waals surface area contributed by atoms with Crippen LogP contribution < -0.4 is 4.74 Å². The maximum absolute atomic E-state index is 5.01. The van der Waals surface area contributed by atoms with Gasteiger partial charge in [0.15, 0.2) is 0 Å². The lowest BCUT2D eigenvalue weighted by Crippen LogP contribution is -2.11. The highest BCUT2D eigenvalue weighted by Crippen LogP contribution is 2.29. The number of hydrogen-bond donors (Lipinski definition) is 0. The third-order valence-corrected chi connectivity index (χ3v) is 1.54. The highest BCUT2D eigenvalue weighted by Gasteiger charge is 2.21. The summed E-state index contributed by atoms with van der Waals surface area (Å²) in [5.41, 5.74) is 1.03. The first-order valence-electron chi connectivity index (χ1n) is 3.54. The molecule has 0 aliphatic carbocycles. The molecule has 0 N–H and O–H groups in total. The average Bonchev–Trinajstić information content (AvgIpc) is 2.31. The van der Waals surface area contributed by atoms with Crippen LogP contribution in [0, 0.1) is 0 Å². The summed E-state index contributed by atoms with van der Waals surface area (Å²) in [6, 6.07) is 0. The summed E-state index contributed by atoms with van der Waals surface area (Å²) in [5.74, 6) is 0.581. The van der Waals surface area contributed by atoms with Crippen LogP contribution in [0.3, 0.4) is 0 Å². The van der Waals surface area contributed by atoms with E-state index in [1.165, 1.54) is 0 Å². The predicted molar refractivity (Wildman–Crippen MR) is 41.8 cm³/mol. The first-order chi connectivity index (χ1) is 5.05. The van der Waals surface area contributed by atoms with E-state index in [0.717, 1.165) is 5.56 Å². The van der Waals surface area contributed by atoms with Crippen LogP contribution in [0.15, 0.2) is 10.8 Å². The summed E-state index contributed by atoms with van der Waals surface area (Å²) in [7, 11) is 1.59. The van der Waals surface area contributed by atoms with Gasteiger partial charge in [-0.05, 0) is 10.6 Å². The highest BCUT2D eigenvalue weighted by molar-refractivity contribution is 5.28. The molecule has 1 heterocycles. The summed E-state index contributed by atoms with van der Waals surface area (Å²) in [6.45, 7) is 6.26. The lowest BCUT2D eigenvalue weighted by molar-refractivity contribution is 0.336. The third-order valence-electron chi connectivity index (χ3n) is 1.54. The van der Waals surface area contributed by atoms with Crippen molar-refractivity contribution in [1.29, 1.82) is 0 Å². The van der Waals surface area contributed by atoms with Gasteiger partial charge in [-0.2, -0.15) is 0 Å². The first-order valence-corrected chi connectivity index (χ1v) is 3.54. The Bertz CT molecular complexity index is 234. The van der Waals surface area contributed by atoms with Crippen LogP contribution in [0.25, 0.3) is 0 Å². The van der Waals surface area contributed by atoms with Crippen molar-refractivity contribution in [2.24, 2.45) is 0 Å². The Morgan fingerprint density at radius 3 is 2.45 bits per heavy atom. The molecule has 0 bridgehead atoms. The van der Waals surface area contributed by atoms with Gasteiger partial charge in [0.2, 0.25) is 0 Å². The molecule has 0 saturated heterocycles. The van der Waals surface area contributed by atoms with Crippen LogP contribution in [0.4, 0.5) is 0 Å². The van der Waals surface area contributed by atoms with Crippen LogP contribution in [-0.2, 0) is 5.41 Å². The Hall–Kier alpha value is -0.990. The van der Waals surface area contributed by atoms with E-state index in [-0.39, 0.29) is 5.41 Å². The van der Waals surface area contributed by atoms with Crippen molar-refractivity contribution in [3.8, 4) is 5.88 Å². The normalized spacial score (nSPS) is 11.6. The monoisotopic (exact) mass is 155 g/mol. The van der Waals surface area contributed by atoms with Gasteiger partial charge >= 0.3 is 0 Å². The van der Waals surface area contributed by atoms with Gasteiger partial charge in [0, 0.05) is 0 Å². The van der Waals surface area contributed by atoms with E-state index in [1.54, 1.807) is 13.4 Å². The molecule has 0 amide bonds. The molecule has 1 aromatic heterocycles. The largest absolute Gasteiger partial charge is 0.479 e. The lowest BCUT2D eigenvalue weighted by Gasteiger charge is -2.15. The molecule has 62 valence electrons. The Morgan fingerprint density at radius 2 is 2.09 bits per heavy atom. The molecule has 1 aromatic rings. The van der Waals surface area contributed by atoms with E-state index in [2.05, 4.69) is 25.9 Å². The first kappa shape index (κ1) is 8.11. The van der Waals surface area contributed by atoms with Crippen LogP contribution in [0.2, 0.25) is 0 Å². The zero-order chi connectivity index (χ0) is 8.48. The smallest absolute Gasteiger partial charge is 0.257 e. The van der Waals surface area contributed by atoms with Gasteiger partial charge < -0.3 is 9.26 Å². The molecule has 3 heteroatoms. The summed E-state index contributed by atoms with van der Waals surface area (Å²) in [4.78, 5) is 0. The molecule has 0 aliphatic heterocycles. The van der Waals surface area contributed by atoms with Crippen LogP contribution in [0.5, 0.6) is 5.88 Å². The van der Waals surface area contributed by atoms with Gasteiger partial charge in [0.05, 0.1) is 12.7 Å². The molecular weight excluding hydrogens is 142 g/mol. The van der Waals surface area contributed by atoms with Crippen LogP contribution in [-0.4, -0.2) is 12.3 Å². The van der Waals surface area contributed by atoms with Crippen LogP contribution >= 0.6 is 0 Å². The number of hydrogen-bond acceptors (Lipinski definition) is 3. The molecule has 0 saturated carbocycles. The fourth-order valence-electron chi connectivity index (χ4n) is 0.871. The minimum absolute atomic E-state index is 0.0331. The summed E-state index contributed by atoms with van der Waals surface area (Å²) < 4.78 is 9.80. The number of rotatable bonds is 1. The van der Waals surface area contributed by atoms with Crippen molar-refractivity contribution >= 4 is 0 Å². The minimum Gasteiger partial charge on any atom is -0.479 e.